The van der Waals surface area contributed by atoms with E-state index >= 15 is 0 Å². The lowest BCUT2D eigenvalue weighted by molar-refractivity contribution is -0.177. The van der Waals surface area contributed by atoms with Crippen molar-refractivity contribution in [1.29, 1.82) is 0 Å². The molecule has 0 radical (unpaired) electrons. The highest BCUT2D eigenvalue weighted by Gasteiger charge is 2.65. The maximum Gasteiger partial charge on any atom is 0.431 e. The summed E-state index contributed by atoms with van der Waals surface area (Å²) < 4.78 is 85.5. The lowest BCUT2D eigenvalue weighted by Crippen LogP contribution is -2.47. The molecule has 5 nitrogen and oxygen atoms in total. The number of ether oxygens (including phenoxy) is 1. The van der Waals surface area contributed by atoms with Gasteiger partial charge in [0.25, 0.3) is 0 Å². The second kappa shape index (κ2) is 6.12. The number of aliphatic hydroxyl groups is 1. The Kier molecular flexibility index (Phi) is 5.39. The maximum absolute atomic E-state index is 13.1. The van der Waals surface area contributed by atoms with E-state index in [2.05, 4.69) is 0 Å². The predicted octanol–water partition coefficient (Wildman–Crippen LogP) is 1.81. The van der Waals surface area contributed by atoms with Gasteiger partial charge in [-0.25, -0.2) is 0 Å². The van der Waals surface area contributed by atoms with Crippen LogP contribution in [0.25, 0.3) is 0 Å². The second-order valence-corrected chi connectivity index (χ2v) is 6.17. The van der Waals surface area contributed by atoms with Crippen molar-refractivity contribution in [2.24, 2.45) is 0 Å². The van der Waals surface area contributed by atoms with Gasteiger partial charge in [0.1, 0.15) is 0 Å². The van der Waals surface area contributed by atoms with Gasteiger partial charge in [-0.15, -0.1) is 0 Å². The van der Waals surface area contributed by atoms with Gasteiger partial charge in [0, 0.05) is 6.42 Å². The van der Waals surface area contributed by atoms with Crippen molar-refractivity contribution in [3.8, 4) is 0 Å². The number of hydrogen-bond donors (Lipinski definition) is 2. The van der Waals surface area contributed by atoms with Gasteiger partial charge >= 0.3 is 21.3 Å². The maximum atomic E-state index is 13.1. The molecule has 1 fully saturated rings. The molecule has 2 atom stereocenters. The molecule has 0 heterocycles. The molecule has 0 aromatic rings. The minimum Gasteiger partial charge on any atom is -0.390 e. The van der Waals surface area contributed by atoms with Gasteiger partial charge < -0.3 is 9.84 Å². The molecule has 0 aromatic carbocycles. The standard InChI is InChI=1S/C10H16F4O5S/c11-9(12,10(13,14)20(16,17)18)5-6-19-8-4-2-1-3-7(8)15/h7-8,15H,1-6H2,(H,16,17,18). The second-order valence-electron chi connectivity index (χ2n) is 4.71. The highest BCUT2D eigenvalue weighted by molar-refractivity contribution is 7.87. The quantitative estimate of drug-likeness (QED) is 0.575. The van der Waals surface area contributed by atoms with Crippen LogP contribution in [0.15, 0.2) is 0 Å². The fourth-order valence-corrected chi connectivity index (χ4v) is 2.42. The SMILES string of the molecule is O=S(=O)(O)C(F)(F)C(F)(F)CCOC1CCCCC1O. The largest absolute Gasteiger partial charge is 0.431 e. The van der Waals surface area contributed by atoms with Gasteiger partial charge in [0.2, 0.25) is 0 Å². The average molecular weight is 324 g/mol. The zero-order chi connectivity index (χ0) is 15.6. The van der Waals surface area contributed by atoms with E-state index in [-0.39, 0.29) is 0 Å². The van der Waals surface area contributed by atoms with Crippen molar-refractivity contribution < 1.29 is 40.4 Å². The van der Waals surface area contributed by atoms with Gasteiger partial charge in [-0.05, 0) is 12.8 Å². The summed E-state index contributed by atoms with van der Waals surface area (Å²) >= 11 is 0. The fourth-order valence-electron chi connectivity index (χ4n) is 1.94. The summed E-state index contributed by atoms with van der Waals surface area (Å²) in [5, 5.41) is 3.92. The van der Waals surface area contributed by atoms with E-state index < -0.39 is 46.5 Å². The topological polar surface area (TPSA) is 83.8 Å². The molecule has 0 spiro atoms. The third kappa shape index (κ3) is 3.80. The number of rotatable bonds is 6. The summed E-state index contributed by atoms with van der Waals surface area (Å²) in [7, 11) is -6.21. The van der Waals surface area contributed by atoms with E-state index in [1.54, 1.807) is 0 Å². The van der Waals surface area contributed by atoms with E-state index in [1.165, 1.54) is 0 Å². The van der Waals surface area contributed by atoms with Crippen molar-refractivity contribution in [3.63, 3.8) is 0 Å². The Balaban J connectivity index is 2.55. The summed E-state index contributed by atoms with van der Waals surface area (Å²) in [5.74, 6) is -4.96. The minimum absolute atomic E-state index is 0.418. The van der Waals surface area contributed by atoms with Crippen LogP contribution in [0.5, 0.6) is 0 Å². The van der Waals surface area contributed by atoms with E-state index in [9.17, 15) is 31.1 Å². The Labute approximate surface area is 113 Å². The molecule has 0 amide bonds. The van der Waals surface area contributed by atoms with Gasteiger partial charge in [0.05, 0.1) is 18.8 Å². The van der Waals surface area contributed by atoms with Crippen LogP contribution >= 0.6 is 0 Å². The normalized spacial score (nSPS) is 25.7. The van der Waals surface area contributed by atoms with Crippen LogP contribution in [0.2, 0.25) is 0 Å². The average Bonchev–Trinajstić information content (AvgIpc) is 2.29. The van der Waals surface area contributed by atoms with Crippen LogP contribution in [-0.2, 0) is 14.9 Å². The Hall–Kier alpha value is -0.450. The monoisotopic (exact) mass is 324 g/mol. The van der Waals surface area contributed by atoms with Crippen LogP contribution in [0, 0.1) is 0 Å². The summed E-state index contributed by atoms with van der Waals surface area (Å²) in [4.78, 5) is 0. The van der Waals surface area contributed by atoms with Gasteiger partial charge in [-0.2, -0.15) is 26.0 Å². The van der Waals surface area contributed by atoms with Crippen molar-refractivity contribution in [3.05, 3.63) is 0 Å². The molecule has 0 bridgehead atoms. The molecule has 20 heavy (non-hydrogen) atoms. The van der Waals surface area contributed by atoms with Gasteiger partial charge in [-0.3, -0.25) is 4.55 Å². The van der Waals surface area contributed by atoms with Crippen molar-refractivity contribution in [2.75, 3.05) is 6.61 Å². The first-order valence-electron chi connectivity index (χ1n) is 6.01. The first-order chi connectivity index (χ1) is 8.99. The molecule has 0 aromatic heterocycles. The van der Waals surface area contributed by atoms with Crippen LogP contribution in [-0.4, -0.2) is 48.1 Å². The lowest BCUT2D eigenvalue weighted by Gasteiger charge is -2.29. The summed E-state index contributed by atoms with van der Waals surface area (Å²) in [6, 6.07) is 0. The molecule has 0 aliphatic heterocycles. The van der Waals surface area contributed by atoms with Crippen LogP contribution in [0.4, 0.5) is 17.6 Å². The third-order valence-electron chi connectivity index (χ3n) is 3.17. The third-order valence-corrected chi connectivity index (χ3v) is 4.11. The summed E-state index contributed by atoms with van der Waals surface area (Å²) in [5.41, 5.74) is 0. The summed E-state index contributed by atoms with van der Waals surface area (Å²) in [6.45, 7) is -0.847. The zero-order valence-electron chi connectivity index (χ0n) is 10.4. The zero-order valence-corrected chi connectivity index (χ0v) is 11.3. The Bertz CT molecular complexity index is 425. The molecule has 1 aliphatic carbocycles. The van der Waals surface area contributed by atoms with Crippen LogP contribution in [0.3, 0.4) is 0 Å². The highest BCUT2D eigenvalue weighted by Crippen LogP contribution is 2.40. The highest BCUT2D eigenvalue weighted by atomic mass is 32.2. The van der Waals surface area contributed by atoms with E-state index in [1.807, 2.05) is 0 Å². The molecule has 2 unspecified atom stereocenters. The minimum atomic E-state index is -6.21. The Morgan fingerprint density at radius 2 is 1.70 bits per heavy atom. The number of alkyl halides is 4. The Morgan fingerprint density at radius 1 is 1.15 bits per heavy atom. The first-order valence-corrected chi connectivity index (χ1v) is 7.45. The smallest absolute Gasteiger partial charge is 0.390 e. The van der Waals surface area contributed by atoms with Crippen molar-refractivity contribution in [2.45, 2.75) is 55.5 Å². The molecule has 2 N–H and O–H groups in total. The number of hydrogen-bond acceptors (Lipinski definition) is 4. The molecule has 1 saturated carbocycles. The molecule has 0 saturated heterocycles. The van der Waals surface area contributed by atoms with Crippen molar-refractivity contribution >= 4 is 10.1 Å². The molecule has 120 valence electrons. The van der Waals surface area contributed by atoms with Crippen LogP contribution < -0.4 is 0 Å². The molecular formula is C10H16F4O5S. The van der Waals surface area contributed by atoms with Gasteiger partial charge in [-0.1, -0.05) is 12.8 Å². The molecular weight excluding hydrogens is 308 g/mol. The van der Waals surface area contributed by atoms with Gasteiger partial charge in [0.15, 0.2) is 0 Å². The predicted molar refractivity (Wildman–Crippen MR) is 60.3 cm³/mol. The van der Waals surface area contributed by atoms with E-state index in [0.717, 1.165) is 12.8 Å². The van der Waals surface area contributed by atoms with Crippen LogP contribution in [0.1, 0.15) is 32.1 Å². The molecule has 1 aliphatic rings. The molecule has 1 rings (SSSR count). The fraction of sp³-hybridized carbons (Fsp3) is 1.00. The van der Waals surface area contributed by atoms with E-state index in [4.69, 9.17) is 9.29 Å². The number of aliphatic hydroxyl groups excluding tert-OH is 1. The number of halogens is 4. The van der Waals surface area contributed by atoms with E-state index in [0.29, 0.717) is 12.8 Å². The van der Waals surface area contributed by atoms with Crippen molar-refractivity contribution in [1.82, 2.24) is 0 Å². The Morgan fingerprint density at radius 3 is 2.20 bits per heavy atom. The molecule has 10 heteroatoms. The summed E-state index contributed by atoms with van der Waals surface area (Å²) in [6.07, 6.45) is -0.817. The first kappa shape index (κ1) is 17.6. The lowest BCUT2D eigenvalue weighted by atomic mass is 9.95.